The van der Waals surface area contributed by atoms with Crippen LogP contribution in [0.2, 0.25) is 0 Å². The van der Waals surface area contributed by atoms with E-state index in [1.165, 1.54) is 10.8 Å². The van der Waals surface area contributed by atoms with E-state index in [4.69, 9.17) is 0 Å². The van der Waals surface area contributed by atoms with Gasteiger partial charge in [-0.15, -0.1) is 0 Å². The fraction of sp³-hybridized carbons (Fsp3) is 0.133. The number of rotatable bonds is 3. The molecule has 1 unspecified atom stereocenters. The Morgan fingerprint density at radius 2 is 1.63 bits per heavy atom. The minimum atomic E-state index is -0.409. The minimum Gasteiger partial charge on any atom is -0.493 e. The van der Waals surface area contributed by atoms with Crippen LogP contribution in [0.25, 0.3) is 27.6 Å². The number of carbonyl (C=O) groups is 1. The molecule has 1 N–H and O–H groups in total. The van der Waals surface area contributed by atoms with Gasteiger partial charge in [0.05, 0.1) is 24.0 Å². The van der Waals surface area contributed by atoms with Crippen LogP contribution in [0, 0.1) is 11.3 Å². The van der Waals surface area contributed by atoms with Crippen LogP contribution in [0.1, 0.15) is 40.3 Å². The van der Waals surface area contributed by atoms with Crippen LogP contribution < -0.4 is 5.69 Å². The lowest BCUT2D eigenvalue weighted by atomic mass is 10.0. The number of fused-ring (bicyclic) bond motifs is 6. The maximum Gasteiger partial charge on any atom is 0.336 e. The summed E-state index contributed by atoms with van der Waals surface area (Å²) < 4.78 is 2.85. The number of aromatic hydroxyl groups is 1. The molecule has 8 heteroatoms. The SMILES string of the molecule is N#Cc1ncc(-n2c(O)c3n(c2=O)[C@@H]2CC3N(C(=O)c3ccc(-c4ccccc4)cc3)C2)c2ccccc12. The van der Waals surface area contributed by atoms with Crippen molar-refractivity contribution in [1.82, 2.24) is 19.0 Å². The zero-order chi connectivity index (χ0) is 26.0. The highest BCUT2D eigenvalue weighted by molar-refractivity contribution is 5.96. The predicted octanol–water partition coefficient (Wildman–Crippen LogP) is 4.57. The number of aromatic nitrogens is 3. The van der Waals surface area contributed by atoms with Crippen molar-refractivity contribution in [3.05, 3.63) is 112 Å². The molecule has 1 fully saturated rings. The van der Waals surface area contributed by atoms with Crippen LogP contribution in [0.3, 0.4) is 0 Å². The van der Waals surface area contributed by atoms with Gasteiger partial charge in [-0.05, 0) is 29.7 Å². The van der Waals surface area contributed by atoms with Gasteiger partial charge < -0.3 is 10.0 Å². The Morgan fingerprint density at radius 1 is 0.947 bits per heavy atom. The van der Waals surface area contributed by atoms with Gasteiger partial charge >= 0.3 is 5.69 Å². The third-order valence-electron chi connectivity index (χ3n) is 7.68. The lowest BCUT2D eigenvalue weighted by molar-refractivity contribution is 0.0711. The summed E-state index contributed by atoms with van der Waals surface area (Å²) in [7, 11) is 0. The number of benzene rings is 3. The highest BCUT2D eigenvalue weighted by atomic mass is 16.3. The zero-order valence-electron chi connectivity index (χ0n) is 20.2. The predicted molar refractivity (Wildman–Crippen MR) is 141 cm³/mol. The molecule has 2 aliphatic rings. The van der Waals surface area contributed by atoms with E-state index in [1.54, 1.807) is 27.7 Å². The van der Waals surface area contributed by atoms with Crippen molar-refractivity contribution in [2.24, 2.45) is 0 Å². The van der Waals surface area contributed by atoms with Crippen molar-refractivity contribution in [2.45, 2.75) is 18.5 Å². The highest BCUT2D eigenvalue weighted by Crippen LogP contribution is 2.49. The van der Waals surface area contributed by atoms with Gasteiger partial charge in [-0.1, -0.05) is 66.7 Å². The topological polar surface area (TPSA) is 104 Å². The third kappa shape index (κ3) is 3.05. The molecule has 5 aromatic rings. The van der Waals surface area contributed by atoms with Crippen molar-refractivity contribution >= 4 is 16.7 Å². The maximum atomic E-state index is 13.6. The van der Waals surface area contributed by atoms with Gasteiger partial charge in [0.1, 0.15) is 17.5 Å². The van der Waals surface area contributed by atoms with Crippen LogP contribution in [0.4, 0.5) is 0 Å². The van der Waals surface area contributed by atoms with E-state index < -0.39 is 6.04 Å². The molecular weight excluding hydrogens is 478 g/mol. The Morgan fingerprint density at radius 3 is 2.37 bits per heavy atom. The molecule has 0 saturated carbocycles. The number of nitriles is 1. The summed E-state index contributed by atoms with van der Waals surface area (Å²) >= 11 is 0. The number of likely N-dealkylation sites (tertiary alicyclic amines) is 1. The summed E-state index contributed by atoms with van der Waals surface area (Å²) in [6.07, 6.45) is 2.02. The fourth-order valence-corrected chi connectivity index (χ4v) is 5.93. The van der Waals surface area contributed by atoms with Crippen molar-refractivity contribution in [3.8, 4) is 28.8 Å². The number of pyridine rings is 1. The molecule has 38 heavy (non-hydrogen) atoms. The first-order chi connectivity index (χ1) is 18.6. The Balaban J connectivity index is 1.26. The van der Waals surface area contributed by atoms with Gasteiger partial charge in [-0.25, -0.2) is 14.3 Å². The molecule has 4 heterocycles. The number of nitrogens with zero attached hydrogens (tertiary/aromatic N) is 5. The van der Waals surface area contributed by atoms with Crippen LogP contribution in [-0.2, 0) is 0 Å². The normalized spacial score (nSPS) is 17.5. The molecule has 1 amide bonds. The van der Waals surface area contributed by atoms with Gasteiger partial charge in [0.15, 0.2) is 0 Å². The average molecular weight is 500 g/mol. The first-order valence-corrected chi connectivity index (χ1v) is 12.4. The second kappa shape index (κ2) is 8.18. The Hall–Kier alpha value is -5.16. The summed E-state index contributed by atoms with van der Waals surface area (Å²) in [6, 6.07) is 26.1. The third-order valence-corrected chi connectivity index (χ3v) is 7.68. The largest absolute Gasteiger partial charge is 0.493 e. The second-order valence-corrected chi connectivity index (χ2v) is 9.65. The monoisotopic (exact) mass is 499 g/mol. The second-order valence-electron chi connectivity index (χ2n) is 9.65. The van der Waals surface area contributed by atoms with Crippen molar-refractivity contribution in [1.29, 1.82) is 5.26 Å². The molecule has 0 radical (unpaired) electrons. The average Bonchev–Trinajstić information content (AvgIpc) is 3.64. The standard InChI is InChI=1S/C30H21N5O3/c31-15-24-22-8-4-5-9-23(22)26(16-32-24)35-29(37)27-25-14-21(34(27)30(35)38)17-33(25)28(36)20-12-10-19(11-13-20)18-6-2-1-3-7-18/h1-13,16,21,25,37H,14,17H2/t21-,25?/m1/s1. The van der Waals surface area contributed by atoms with Crippen molar-refractivity contribution < 1.29 is 9.90 Å². The van der Waals surface area contributed by atoms with Crippen LogP contribution in [0.15, 0.2) is 89.9 Å². The molecule has 8 nitrogen and oxygen atoms in total. The molecule has 1 saturated heterocycles. The molecule has 184 valence electrons. The lowest BCUT2D eigenvalue weighted by Crippen LogP contribution is -2.37. The van der Waals surface area contributed by atoms with Gasteiger partial charge in [0, 0.05) is 22.9 Å². The molecule has 0 aliphatic carbocycles. The van der Waals surface area contributed by atoms with E-state index in [0.717, 1.165) is 11.1 Å². The molecule has 2 bridgehead atoms. The van der Waals surface area contributed by atoms with Crippen LogP contribution in [-0.4, -0.2) is 36.6 Å². The summed E-state index contributed by atoms with van der Waals surface area (Å²) in [5, 5.41) is 22.0. The van der Waals surface area contributed by atoms with Gasteiger partial charge in [0.2, 0.25) is 5.88 Å². The summed E-state index contributed by atoms with van der Waals surface area (Å²) in [5.41, 5.74) is 3.38. The van der Waals surface area contributed by atoms with Crippen LogP contribution in [0.5, 0.6) is 5.88 Å². The molecule has 7 rings (SSSR count). The van der Waals surface area contributed by atoms with E-state index in [2.05, 4.69) is 11.1 Å². The Bertz CT molecular complexity index is 1850. The number of imidazole rings is 1. The molecule has 2 aromatic heterocycles. The first-order valence-electron chi connectivity index (χ1n) is 12.4. The zero-order valence-corrected chi connectivity index (χ0v) is 20.2. The van der Waals surface area contributed by atoms with Crippen molar-refractivity contribution in [2.75, 3.05) is 6.54 Å². The number of hydrogen-bond acceptors (Lipinski definition) is 5. The quantitative estimate of drug-likeness (QED) is 0.392. The summed E-state index contributed by atoms with van der Waals surface area (Å²) in [5.74, 6) is -0.329. The van der Waals surface area contributed by atoms with E-state index in [-0.39, 0.29) is 29.2 Å². The summed E-state index contributed by atoms with van der Waals surface area (Å²) in [4.78, 5) is 33.1. The van der Waals surface area contributed by atoms with Crippen LogP contribution >= 0.6 is 0 Å². The molecule has 2 atom stereocenters. The Labute approximate surface area is 217 Å². The molecule has 2 aliphatic heterocycles. The lowest BCUT2D eigenvalue weighted by Gasteiger charge is -2.27. The van der Waals surface area contributed by atoms with Gasteiger partial charge in [-0.3, -0.25) is 9.36 Å². The molecular formula is C30H21N5O3. The van der Waals surface area contributed by atoms with E-state index in [1.807, 2.05) is 60.7 Å². The van der Waals surface area contributed by atoms with E-state index in [9.17, 15) is 20.0 Å². The summed E-state index contributed by atoms with van der Waals surface area (Å²) in [6.45, 7) is 0.396. The highest BCUT2D eigenvalue weighted by Gasteiger charge is 2.49. The van der Waals surface area contributed by atoms with Gasteiger partial charge in [-0.2, -0.15) is 5.26 Å². The maximum absolute atomic E-state index is 13.6. The number of amides is 1. The number of carbonyl (C=O) groups excluding carboxylic acids is 1. The van der Waals surface area contributed by atoms with E-state index >= 15 is 0 Å². The van der Waals surface area contributed by atoms with Gasteiger partial charge in [0.25, 0.3) is 5.91 Å². The number of hydrogen-bond donors (Lipinski definition) is 1. The fourth-order valence-electron chi connectivity index (χ4n) is 5.93. The first kappa shape index (κ1) is 22.1. The smallest absolute Gasteiger partial charge is 0.336 e. The Kier molecular flexibility index (Phi) is 4.75. The molecule has 0 spiro atoms. The minimum absolute atomic E-state index is 0.131. The van der Waals surface area contributed by atoms with E-state index in [0.29, 0.717) is 40.7 Å². The molecule has 3 aromatic carbocycles. The van der Waals surface area contributed by atoms with Crippen molar-refractivity contribution in [3.63, 3.8) is 0 Å².